The van der Waals surface area contributed by atoms with E-state index in [0.29, 0.717) is 12.6 Å². The second-order valence-electron chi connectivity index (χ2n) is 8.54. The van der Waals surface area contributed by atoms with Gasteiger partial charge in [-0.1, -0.05) is 30.3 Å². The number of nitro benzene ring substituents is 1. The molecule has 2 heterocycles. The predicted molar refractivity (Wildman–Crippen MR) is 125 cm³/mol. The lowest BCUT2D eigenvalue weighted by atomic mass is 10.1. The molecule has 1 amide bonds. The van der Waals surface area contributed by atoms with Crippen molar-refractivity contribution in [3.8, 4) is 0 Å². The summed E-state index contributed by atoms with van der Waals surface area (Å²) in [5.74, 6) is 0.209. The number of nitro groups is 1. The second kappa shape index (κ2) is 10.1. The van der Waals surface area contributed by atoms with Crippen molar-refractivity contribution in [3.05, 3.63) is 70.3 Å². The number of rotatable bonds is 6. The Labute approximate surface area is 189 Å². The van der Waals surface area contributed by atoms with Crippen LogP contribution >= 0.6 is 0 Å². The van der Waals surface area contributed by atoms with Gasteiger partial charge in [0.2, 0.25) is 5.91 Å². The number of non-ortho nitro benzene ring substituents is 1. The van der Waals surface area contributed by atoms with E-state index in [-0.39, 0.29) is 16.5 Å². The quantitative estimate of drug-likeness (QED) is 0.511. The van der Waals surface area contributed by atoms with Crippen molar-refractivity contribution in [3.63, 3.8) is 0 Å². The molecule has 170 valence electrons. The van der Waals surface area contributed by atoms with Crippen molar-refractivity contribution in [1.82, 2.24) is 14.7 Å². The van der Waals surface area contributed by atoms with Gasteiger partial charge < -0.3 is 9.80 Å². The van der Waals surface area contributed by atoms with E-state index < -0.39 is 0 Å². The number of hydrogen-bond donors (Lipinski definition) is 0. The van der Waals surface area contributed by atoms with Gasteiger partial charge in [-0.25, -0.2) is 0 Å². The molecule has 2 fully saturated rings. The molecular formula is C24H31N5O3. The zero-order valence-corrected chi connectivity index (χ0v) is 18.6. The van der Waals surface area contributed by atoms with E-state index in [1.54, 1.807) is 24.3 Å². The number of carbonyl (C=O) groups is 1. The van der Waals surface area contributed by atoms with E-state index in [4.69, 9.17) is 0 Å². The Morgan fingerprint density at radius 3 is 2.12 bits per heavy atom. The zero-order chi connectivity index (χ0) is 22.5. The number of piperazine rings is 2. The normalized spacial score (nSPS) is 19.0. The lowest BCUT2D eigenvalue weighted by molar-refractivity contribution is -0.384. The van der Waals surface area contributed by atoms with E-state index >= 15 is 0 Å². The van der Waals surface area contributed by atoms with Crippen LogP contribution in [0.2, 0.25) is 0 Å². The average molecular weight is 438 g/mol. The van der Waals surface area contributed by atoms with Crippen LogP contribution in [-0.2, 0) is 4.79 Å². The third kappa shape index (κ3) is 5.26. The standard InChI is InChI=1S/C24H31N5O3/c1-20(21-5-3-2-4-6-21)26-15-17-28(18-16-26)24(30)19-25-11-13-27(14-12-25)22-7-9-23(10-8-22)29(31)32/h2-10,20H,11-19H2,1H3. The molecule has 0 saturated carbocycles. The van der Waals surface area contributed by atoms with Crippen molar-refractivity contribution < 1.29 is 9.72 Å². The van der Waals surface area contributed by atoms with Crippen LogP contribution in [0.1, 0.15) is 18.5 Å². The lowest BCUT2D eigenvalue weighted by Crippen LogP contribution is -2.54. The molecule has 2 saturated heterocycles. The highest BCUT2D eigenvalue weighted by molar-refractivity contribution is 5.78. The molecule has 0 aliphatic carbocycles. The number of hydrogen-bond acceptors (Lipinski definition) is 6. The van der Waals surface area contributed by atoms with Crippen LogP contribution in [-0.4, -0.2) is 84.4 Å². The van der Waals surface area contributed by atoms with Gasteiger partial charge in [-0.15, -0.1) is 0 Å². The summed E-state index contributed by atoms with van der Waals surface area (Å²) < 4.78 is 0. The van der Waals surface area contributed by atoms with Gasteiger partial charge in [0.15, 0.2) is 0 Å². The fraction of sp³-hybridized carbons (Fsp3) is 0.458. The van der Waals surface area contributed by atoms with Gasteiger partial charge in [-0.3, -0.25) is 24.7 Å². The SMILES string of the molecule is CC(c1ccccc1)N1CCN(C(=O)CN2CCN(c3ccc([N+](=O)[O-])cc3)CC2)CC1. The molecule has 2 aliphatic heterocycles. The summed E-state index contributed by atoms with van der Waals surface area (Å²) in [6.07, 6.45) is 0. The number of amides is 1. The van der Waals surface area contributed by atoms with Gasteiger partial charge in [0.05, 0.1) is 11.5 Å². The highest BCUT2D eigenvalue weighted by Crippen LogP contribution is 2.22. The summed E-state index contributed by atoms with van der Waals surface area (Å²) in [6, 6.07) is 17.6. The Bertz CT molecular complexity index is 905. The molecule has 8 heteroatoms. The number of benzene rings is 2. The minimum atomic E-state index is -0.379. The Balaban J connectivity index is 1.21. The molecule has 2 aromatic rings. The fourth-order valence-electron chi connectivity index (χ4n) is 4.54. The van der Waals surface area contributed by atoms with E-state index in [9.17, 15) is 14.9 Å². The average Bonchev–Trinajstić information content (AvgIpc) is 2.85. The maximum absolute atomic E-state index is 12.9. The highest BCUT2D eigenvalue weighted by atomic mass is 16.6. The maximum Gasteiger partial charge on any atom is 0.269 e. The first-order valence-electron chi connectivity index (χ1n) is 11.3. The van der Waals surface area contributed by atoms with Crippen LogP contribution in [0.25, 0.3) is 0 Å². The third-order valence-electron chi connectivity index (χ3n) is 6.65. The van der Waals surface area contributed by atoms with Crippen molar-refractivity contribution >= 4 is 17.3 Å². The third-order valence-corrected chi connectivity index (χ3v) is 6.65. The predicted octanol–water partition coefficient (Wildman–Crippen LogP) is 2.62. The molecule has 1 atom stereocenters. The second-order valence-corrected chi connectivity index (χ2v) is 8.54. The van der Waals surface area contributed by atoms with Gasteiger partial charge in [0, 0.05) is 76.2 Å². The van der Waals surface area contributed by atoms with Crippen molar-refractivity contribution in [1.29, 1.82) is 0 Å². The summed E-state index contributed by atoms with van der Waals surface area (Å²) in [5, 5.41) is 10.8. The summed E-state index contributed by atoms with van der Waals surface area (Å²) in [4.78, 5) is 32.2. The van der Waals surface area contributed by atoms with Gasteiger partial charge in [0.1, 0.15) is 0 Å². The maximum atomic E-state index is 12.9. The van der Waals surface area contributed by atoms with Gasteiger partial charge >= 0.3 is 0 Å². The molecule has 2 aromatic carbocycles. The molecule has 0 N–H and O–H groups in total. The van der Waals surface area contributed by atoms with E-state index in [1.807, 2.05) is 11.0 Å². The van der Waals surface area contributed by atoms with Crippen molar-refractivity contribution in [2.45, 2.75) is 13.0 Å². The first-order valence-corrected chi connectivity index (χ1v) is 11.3. The molecule has 32 heavy (non-hydrogen) atoms. The molecule has 0 spiro atoms. The van der Waals surface area contributed by atoms with Crippen LogP contribution in [0.15, 0.2) is 54.6 Å². The van der Waals surface area contributed by atoms with Crippen LogP contribution in [0.4, 0.5) is 11.4 Å². The monoisotopic (exact) mass is 437 g/mol. The first kappa shape index (κ1) is 22.2. The summed E-state index contributed by atoms with van der Waals surface area (Å²) >= 11 is 0. The van der Waals surface area contributed by atoms with Gasteiger partial charge in [0.25, 0.3) is 5.69 Å². The Hall–Kier alpha value is -2.97. The molecule has 8 nitrogen and oxygen atoms in total. The first-order chi connectivity index (χ1) is 15.5. The topological polar surface area (TPSA) is 73.2 Å². The minimum Gasteiger partial charge on any atom is -0.369 e. The molecular weight excluding hydrogens is 406 g/mol. The summed E-state index contributed by atoms with van der Waals surface area (Å²) in [5.41, 5.74) is 2.42. The van der Waals surface area contributed by atoms with Crippen LogP contribution in [0.5, 0.6) is 0 Å². The highest BCUT2D eigenvalue weighted by Gasteiger charge is 2.27. The largest absolute Gasteiger partial charge is 0.369 e. The Morgan fingerprint density at radius 1 is 0.906 bits per heavy atom. The fourth-order valence-corrected chi connectivity index (χ4v) is 4.54. The zero-order valence-electron chi connectivity index (χ0n) is 18.6. The van der Waals surface area contributed by atoms with Crippen LogP contribution in [0.3, 0.4) is 0 Å². The summed E-state index contributed by atoms with van der Waals surface area (Å²) in [6.45, 7) is 9.30. The van der Waals surface area contributed by atoms with Gasteiger partial charge in [-0.2, -0.15) is 0 Å². The number of nitrogens with zero attached hydrogens (tertiary/aromatic N) is 5. The van der Waals surface area contributed by atoms with E-state index in [2.05, 4.69) is 45.9 Å². The van der Waals surface area contributed by atoms with E-state index in [1.165, 1.54) is 5.56 Å². The Morgan fingerprint density at radius 2 is 1.53 bits per heavy atom. The van der Waals surface area contributed by atoms with Crippen LogP contribution in [0, 0.1) is 10.1 Å². The minimum absolute atomic E-state index is 0.108. The molecule has 1 unspecified atom stereocenters. The molecule has 0 aromatic heterocycles. The number of carbonyl (C=O) groups excluding carboxylic acids is 1. The molecule has 0 radical (unpaired) electrons. The molecule has 0 bridgehead atoms. The van der Waals surface area contributed by atoms with Crippen LogP contribution < -0.4 is 4.90 Å². The Kier molecular flexibility index (Phi) is 7.02. The summed E-state index contributed by atoms with van der Waals surface area (Å²) in [7, 11) is 0. The number of anilines is 1. The lowest BCUT2D eigenvalue weighted by Gasteiger charge is -2.40. The smallest absolute Gasteiger partial charge is 0.269 e. The van der Waals surface area contributed by atoms with Crippen molar-refractivity contribution in [2.75, 3.05) is 63.8 Å². The van der Waals surface area contributed by atoms with Crippen molar-refractivity contribution in [2.24, 2.45) is 0 Å². The molecule has 2 aliphatic rings. The molecule has 4 rings (SSSR count). The van der Waals surface area contributed by atoms with Gasteiger partial charge in [-0.05, 0) is 24.6 Å². The van der Waals surface area contributed by atoms with E-state index in [0.717, 1.165) is 58.0 Å².